The number of carbonyl (C=O) groups is 1. The van der Waals surface area contributed by atoms with Crippen LogP contribution in [0.15, 0.2) is 0 Å². The van der Waals surface area contributed by atoms with Crippen molar-refractivity contribution in [3.8, 4) is 0 Å². The quantitative estimate of drug-likeness (QED) is 0.727. The highest BCUT2D eigenvalue weighted by Crippen LogP contribution is 2.60. The minimum absolute atomic E-state index is 0.132. The molecule has 0 radical (unpaired) electrons. The first kappa shape index (κ1) is 9.97. The third kappa shape index (κ3) is 1.44. The highest BCUT2D eigenvalue weighted by atomic mass is 16.4. The lowest BCUT2D eigenvalue weighted by Crippen LogP contribution is -2.25. The van der Waals surface area contributed by atoms with Gasteiger partial charge in [0.15, 0.2) is 0 Å². The lowest BCUT2D eigenvalue weighted by Gasteiger charge is -2.32. The topological polar surface area (TPSA) is 57.5 Å². The number of aliphatic carboxylic acids is 1. The summed E-state index contributed by atoms with van der Waals surface area (Å²) in [5.41, 5.74) is -0.320. The van der Waals surface area contributed by atoms with Gasteiger partial charge in [-0.25, -0.2) is 0 Å². The second-order valence-electron chi connectivity index (χ2n) is 5.26. The molecule has 2 aliphatic carbocycles. The number of hydrogen-bond acceptors (Lipinski definition) is 2. The maximum Gasteiger partial charge on any atom is 0.303 e. The van der Waals surface area contributed by atoms with Crippen LogP contribution in [0.25, 0.3) is 0 Å². The zero-order chi connectivity index (χ0) is 10.4. The van der Waals surface area contributed by atoms with Crippen molar-refractivity contribution in [1.82, 2.24) is 0 Å². The van der Waals surface area contributed by atoms with Gasteiger partial charge in [0.2, 0.25) is 0 Å². The summed E-state index contributed by atoms with van der Waals surface area (Å²) in [6.07, 6.45) is 4.84. The van der Waals surface area contributed by atoms with Gasteiger partial charge in [-0.05, 0) is 43.4 Å². The maximum atomic E-state index is 10.7. The summed E-state index contributed by atoms with van der Waals surface area (Å²) in [6.45, 7) is 2.02. The molecular weight excluding hydrogens is 180 g/mol. The van der Waals surface area contributed by atoms with Crippen molar-refractivity contribution in [3.63, 3.8) is 0 Å². The molecule has 1 atom stereocenters. The van der Waals surface area contributed by atoms with Crippen LogP contribution in [0.4, 0.5) is 0 Å². The van der Waals surface area contributed by atoms with Gasteiger partial charge in [0.05, 0.1) is 5.60 Å². The summed E-state index contributed by atoms with van der Waals surface area (Å²) in [6, 6.07) is 0. The lowest BCUT2D eigenvalue weighted by atomic mass is 9.72. The van der Waals surface area contributed by atoms with E-state index in [0.717, 1.165) is 32.1 Å². The Kier molecular flexibility index (Phi) is 2.11. The molecule has 0 aromatic carbocycles. The van der Waals surface area contributed by atoms with E-state index in [2.05, 4.69) is 0 Å². The Morgan fingerprint density at radius 2 is 1.93 bits per heavy atom. The number of carboxylic acids is 1. The number of rotatable bonds is 3. The standard InChI is InChI=1S/C11H18O3/c1-8(6-9(12)13)10-2-4-11(14,7-10)5-3-10/h8,14H,2-7H2,1H3,(H,12,13). The first-order valence-electron chi connectivity index (χ1n) is 5.40. The Hall–Kier alpha value is -0.570. The zero-order valence-electron chi connectivity index (χ0n) is 8.62. The van der Waals surface area contributed by atoms with E-state index in [9.17, 15) is 9.90 Å². The molecule has 0 aromatic heterocycles. The smallest absolute Gasteiger partial charge is 0.303 e. The summed E-state index contributed by atoms with van der Waals surface area (Å²) in [4.78, 5) is 10.7. The molecule has 0 heterocycles. The summed E-state index contributed by atoms with van der Waals surface area (Å²) in [5, 5.41) is 18.8. The fraction of sp³-hybridized carbons (Fsp3) is 0.909. The summed E-state index contributed by atoms with van der Waals surface area (Å²) in [7, 11) is 0. The van der Waals surface area contributed by atoms with Crippen LogP contribution in [-0.2, 0) is 4.79 Å². The van der Waals surface area contributed by atoms with Crippen LogP contribution < -0.4 is 0 Å². The van der Waals surface area contributed by atoms with E-state index in [4.69, 9.17) is 5.11 Å². The molecule has 14 heavy (non-hydrogen) atoms. The van der Waals surface area contributed by atoms with E-state index < -0.39 is 11.6 Å². The van der Waals surface area contributed by atoms with Crippen molar-refractivity contribution in [2.24, 2.45) is 11.3 Å². The molecule has 0 amide bonds. The van der Waals surface area contributed by atoms with Gasteiger partial charge < -0.3 is 10.2 Å². The monoisotopic (exact) mass is 198 g/mol. The van der Waals surface area contributed by atoms with E-state index in [1.165, 1.54) is 0 Å². The number of aliphatic hydroxyl groups is 1. The van der Waals surface area contributed by atoms with Gasteiger partial charge in [0.1, 0.15) is 0 Å². The average Bonchev–Trinajstić information content (AvgIpc) is 2.57. The predicted octanol–water partition coefficient (Wildman–Crippen LogP) is 1.79. The molecular formula is C11H18O3. The highest BCUT2D eigenvalue weighted by molar-refractivity contribution is 5.67. The van der Waals surface area contributed by atoms with Gasteiger partial charge in [-0.1, -0.05) is 6.92 Å². The van der Waals surface area contributed by atoms with Crippen LogP contribution in [-0.4, -0.2) is 21.8 Å². The molecule has 80 valence electrons. The number of hydrogen-bond donors (Lipinski definition) is 2. The van der Waals surface area contributed by atoms with Crippen LogP contribution in [0.1, 0.15) is 45.4 Å². The Labute approximate surface area is 84.1 Å². The molecule has 2 rings (SSSR count). The molecule has 3 heteroatoms. The molecule has 3 nitrogen and oxygen atoms in total. The van der Waals surface area contributed by atoms with E-state index in [1.54, 1.807) is 0 Å². The Bertz CT molecular complexity index is 251. The molecule has 2 N–H and O–H groups in total. The fourth-order valence-electron chi connectivity index (χ4n) is 3.37. The Balaban J connectivity index is 2.07. The van der Waals surface area contributed by atoms with Crippen LogP contribution in [0.3, 0.4) is 0 Å². The zero-order valence-corrected chi connectivity index (χ0v) is 8.62. The molecule has 0 aromatic rings. The first-order chi connectivity index (χ1) is 6.46. The van der Waals surface area contributed by atoms with Crippen LogP contribution >= 0.6 is 0 Å². The van der Waals surface area contributed by atoms with Gasteiger partial charge >= 0.3 is 5.97 Å². The highest BCUT2D eigenvalue weighted by Gasteiger charge is 2.55. The molecule has 0 aliphatic heterocycles. The Morgan fingerprint density at radius 3 is 2.29 bits per heavy atom. The molecule has 2 fully saturated rings. The van der Waals surface area contributed by atoms with Crippen LogP contribution in [0.5, 0.6) is 0 Å². The third-order valence-electron chi connectivity index (χ3n) is 4.38. The van der Waals surface area contributed by atoms with Gasteiger partial charge in [-0.15, -0.1) is 0 Å². The molecule has 0 spiro atoms. The molecule has 2 aliphatic rings. The summed E-state index contributed by atoms with van der Waals surface area (Å²) < 4.78 is 0. The molecule has 1 unspecified atom stereocenters. The SMILES string of the molecule is CC(CC(=O)O)C12CCC(O)(CC1)C2. The third-order valence-corrected chi connectivity index (χ3v) is 4.38. The summed E-state index contributed by atoms with van der Waals surface area (Å²) >= 11 is 0. The van der Waals surface area contributed by atoms with E-state index >= 15 is 0 Å². The van der Waals surface area contributed by atoms with E-state index in [1.807, 2.05) is 6.92 Å². The largest absolute Gasteiger partial charge is 0.481 e. The van der Waals surface area contributed by atoms with Crippen LogP contribution in [0.2, 0.25) is 0 Å². The van der Waals surface area contributed by atoms with Crippen molar-refractivity contribution in [3.05, 3.63) is 0 Å². The summed E-state index contributed by atoms with van der Waals surface area (Å²) in [5.74, 6) is -0.509. The van der Waals surface area contributed by atoms with Gasteiger partial charge in [-0.3, -0.25) is 4.79 Å². The van der Waals surface area contributed by atoms with Gasteiger partial charge in [0, 0.05) is 6.42 Å². The minimum atomic E-state index is -0.714. The number of fused-ring (bicyclic) bond motifs is 2. The number of carboxylic acid groups (broad SMARTS) is 1. The van der Waals surface area contributed by atoms with Crippen molar-refractivity contribution in [1.29, 1.82) is 0 Å². The normalized spacial score (nSPS) is 42.7. The first-order valence-corrected chi connectivity index (χ1v) is 5.40. The molecule has 2 bridgehead atoms. The predicted molar refractivity (Wildman–Crippen MR) is 51.9 cm³/mol. The molecule has 2 saturated carbocycles. The van der Waals surface area contributed by atoms with Crippen molar-refractivity contribution < 1.29 is 15.0 Å². The maximum absolute atomic E-state index is 10.7. The van der Waals surface area contributed by atoms with Gasteiger partial charge in [0.25, 0.3) is 0 Å². The van der Waals surface area contributed by atoms with Crippen molar-refractivity contribution in [2.75, 3.05) is 0 Å². The fourth-order valence-corrected chi connectivity index (χ4v) is 3.37. The van der Waals surface area contributed by atoms with Gasteiger partial charge in [-0.2, -0.15) is 0 Å². The Morgan fingerprint density at radius 1 is 1.36 bits per heavy atom. The van der Waals surface area contributed by atoms with E-state index in [0.29, 0.717) is 0 Å². The van der Waals surface area contributed by atoms with Crippen molar-refractivity contribution in [2.45, 2.75) is 51.0 Å². The van der Waals surface area contributed by atoms with Crippen LogP contribution in [0, 0.1) is 11.3 Å². The van der Waals surface area contributed by atoms with E-state index in [-0.39, 0.29) is 17.8 Å². The molecule has 0 saturated heterocycles. The second kappa shape index (κ2) is 2.96. The average molecular weight is 198 g/mol. The minimum Gasteiger partial charge on any atom is -0.481 e. The van der Waals surface area contributed by atoms with Crippen molar-refractivity contribution >= 4 is 5.97 Å². The second-order valence-corrected chi connectivity index (χ2v) is 5.26. The lowest BCUT2D eigenvalue weighted by molar-refractivity contribution is -0.139.